The summed E-state index contributed by atoms with van der Waals surface area (Å²) in [6.07, 6.45) is 13.3. The third kappa shape index (κ3) is 3.99. The van der Waals surface area contributed by atoms with Gasteiger partial charge in [0.25, 0.3) is 0 Å². The first-order valence-electron chi connectivity index (χ1n) is 12.8. The van der Waals surface area contributed by atoms with Crippen molar-refractivity contribution < 1.29 is 4.79 Å². The fourth-order valence-corrected chi connectivity index (χ4v) is 5.84. The standard InChI is InChI=1S/C24H20.C10H9NO/c1-2-7-17(8-3-1)20-11-6-12-21-22(20)15-16-23-19-10-5-4-9-18(19)13-14-24(21)23;11-10(12)9-6-5-7-3-1-2-4-8(7)9/h1-3,5-8,10-12,15-16H,4,9,13-14H2;1-6,9H,(H2,11,12). The molecule has 3 aliphatic carbocycles. The van der Waals surface area contributed by atoms with E-state index in [1.54, 1.807) is 5.57 Å². The van der Waals surface area contributed by atoms with Crippen LogP contribution in [0.5, 0.6) is 0 Å². The van der Waals surface area contributed by atoms with E-state index in [1.165, 1.54) is 64.3 Å². The first-order chi connectivity index (χ1) is 17.7. The Bertz CT molecular complexity index is 1560. The third-order valence-corrected chi connectivity index (χ3v) is 7.61. The number of aryl methyl sites for hydroxylation is 1. The SMILES string of the molecule is C1=CC2=C(CC1)CCc1c2ccc2c(-c3ccccc3)cccc12.NC(=O)C1C=Cc2ccccc21. The topological polar surface area (TPSA) is 43.1 Å². The van der Waals surface area contributed by atoms with Gasteiger partial charge in [0.2, 0.25) is 5.91 Å². The van der Waals surface area contributed by atoms with Gasteiger partial charge in [-0.1, -0.05) is 115 Å². The van der Waals surface area contributed by atoms with Crippen molar-refractivity contribution >= 4 is 28.3 Å². The van der Waals surface area contributed by atoms with Gasteiger partial charge in [0.05, 0.1) is 5.92 Å². The maximum atomic E-state index is 10.9. The van der Waals surface area contributed by atoms with E-state index >= 15 is 0 Å². The van der Waals surface area contributed by atoms with Crippen molar-refractivity contribution in [1.29, 1.82) is 0 Å². The molecule has 0 bridgehead atoms. The van der Waals surface area contributed by atoms with Gasteiger partial charge in [-0.3, -0.25) is 4.79 Å². The molecule has 2 heteroatoms. The number of amides is 1. The van der Waals surface area contributed by atoms with Gasteiger partial charge in [0.15, 0.2) is 0 Å². The Morgan fingerprint density at radius 3 is 2.42 bits per heavy atom. The molecule has 3 aliphatic rings. The summed E-state index contributed by atoms with van der Waals surface area (Å²) in [6.45, 7) is 0. The lowest BCUT2D eigenvalue weighted by Crippen LogP contribution is -2.18. The van der Waals surface area contributed by atoms with Gasteiger partial charge in [-0.25, -0.2) is 0 Å². The second kappa shape index (κ2) is 9.47. The van der Waals surface area contributed by atoms with Gasteiger partial charge < -0.3 is 5.73 Å². The Balaban J connectivity index is 0.000000168. The van der Waals surface area contributed by atoms with Crippen molar-refractivity contribution in [2.45, 2.75) is 31.6 Å². The van der Waals surface area contributed by atoms with Crippen molar-refractivity contribution in [3.63, 3.8) is 0 Å². The molecule has 0 saturated carbocycles. The van der Waals surface area contributed by atoms with E-state index < -0.39 is 0 Å². The molecule has 1 unspecified atom stereocenters. The monoisotopic (exact) mass is 467 g/mol. The molecule has 7 rings (SSSR count). The lowest BCUT2D eigenvalue weighted by atomic mass is 9.79. The molecule has 2 N–H and O–H groups in total. The number of fused-ring (bicyclic) bond motifs is 5. The molecular formula is C34H29NO. The van der Waals surface area contributed by atoms with Crippen LogP contribution in [0.2, 0.25) is 0 Å². The number of primary amides is 1. The van der Waals surface area contributed by atoms with Gasteiger partial charge in [0, 0.05) is 0 Å². The Morgan fingerprint density at radius 2 is 1.56 bits per heavy atom. The summed E-state index contributed by atoms with van der Waals surface area (Å²) >= 11 is 0. The predicted molar refractivity (Wildman–Crippen MR) is 150 cm³/mol. The number of rotatable bonds is 2. The normalized spacial score (nSPS) is 17.2. The van der Waals surface area contributed by atoms with E-state index in [2.05, 4.69) is 72.8 Å². The van der Waals surface area contributed by atoms with Crippen molar-refractivity contribution in [3.05, 3.63) is 131 Å². The predicted octanol–water partition coefficient (Wildman–Crippen LogP) is 7.84. The molecular weight excluding hydrogens is 438 g/mol. The van der Waals surface area contributed by atoms with Crippen LogP contribution < -0.4 is 5.73 Å². The highest BCUT2D eigenvalue weighted by Crippen LogP contribution is 2.41. The smallest absolute Gasteiger partial charge is 0.228 e. The maximum absolute atomic E-state index is 10.9. The maximum Gasteiger partial charge on any atom is 0.228 e. The number of benzene rings is 4. The van der Waals surface area contributed by atoms with Crippen LogP contribution in [-0.4, -0.2) is 5.91 Å². The molecule has 1 atom stereocenters. The summed E-state index contributed by atoms with van der Waals surface area (Å²) in [6, 6.07) is 30.0. The lowest BCUT2D eigenvalue weighted by Gasteiger charge is -2.26. The van der Waals surface area contributed by atoms with Crippen LogP contribution in [0.1, 0.15) is 47.4 Å². The second-order valence-electron chi connectivity index (χ2n) is 9.68. The van der Waals surface area contributed by atoms with E-state index in [1.807, 2.05) is 36.4 Å². The molecule has 36 heavy (non-hydrogen) atoms. The molecule has 0 aromatic heterocycles. The van der Waals surface area contributed by atoms with Gasteiger partial charge in [-0.15, -0.1) is 0 Å². The molecule has 0 saturated heterocycles. The Morgan fingerprint density at radius 1 is 0.722 bits per heavy atom. The van der Waals surface area contributed by atoms with Crippen LogP contribution in [0.25, 0.3) is 33.5 Å². The van der Waals surface area contributed by atoms with Gasteiger partial charge in [0.1, 0.15) is 0 Å². The summed E-state index contributed by atoms with van der Waals surface area (Å²) in [4.78, 5) is 10.9. The summed E-state index contributed by atoms with van der Waals surface area (Å²) in [5.41, 5.74) is 16.1. The van der Waals surface area contributed by atoms with Gasteiger partial charge in [-0.2, -0.15) is 0 Å². The zero-order valence-electron chi connectivity index (χ0n) is 20.3. The largest absolute Gasteiger partial charge is 0.369 e. The summed E-state index contributed by atoms with van der Waals surface area (Å²) < 4.78 is 0. The van der Waals surface area contributed by atoms with Crippen molar-refractivity contribution in [3.8, 4) is 11.1 Å². The fourth-order valence-electron chi connectivity index (χ4n) is 5.84. The van der Waals surface area contributed by atoms with Crippen molar-refractivity contribution in [2.24, 2.45) is 5.73 Å². The minimum Gasteiger partial charge on any atom is -0.369 e. The quantitative estimate of drug-likeness (QED) is 0.321. The fraction of sp³-hybridized carbons (Fsp3) is 0.147. The second-order valence-corrected chi connectivity index (χ2v) is 9.68. The highest BCUT2D eigenvalue weighted by atomic mass is 16.1. The zero-order chi connectivity index (χ0) is 24.5. The molecule has 176 valence electrons. The van der Waals surface area contributed by atoms with E-state index in [0.717, 1.165) is 11.1 Å². The summed E-state index contributed by atoms with van der Waals surface area (Å²) in [5.74, 6) is -0.502. The number of allylic oxidation sites excluding steroid dienone is 4. The molecule has 0 radical (unpaired) electrons. The molecule has 4 aromatic rings. The summed E-state index contributed by atoms with van der Waals surface area (Å²) in [5, 5.41) is 2.81. The highest BCUT2D eigenvalue weighted by Gasteiger charge is 2.22. The average Bonchev–Trinajstić information content (AvgIpc) is 3.38. The van der Waals surface area contributed by atoms with E-state index in [-0.39, 0.29) is 11.8 Å². The Labute approximate surface area is 212 Å². The molecule has 0 aliphatic heterocycles. The van der Waals surface area contributed by atoms with Crippen LogP contribution in [0.3, 0.4) is 0 Å². The third-order valence-electron chi connectivity index (χ3n) is 7.61. The van der Waals surface area contributed by atoms with Crippen LogP contribution in [0.15, 0.2) is 109 Å². The Hall–Kier alpha value is -4.17. The number of hydrogen-bond acceptors (Lipinski definition) is 1. The minimum absolute atomic E-state index is 0.221. The number of carbonyl (C=O) groups is 1. The van der Waals surface area contributed by atoms with Crippen LogP contribution in [0.4, 0.5) is 0 Å². The first-order valence-corrected chi connectivity index (χ1v) is 12.8. The summed E-state index contributed by atoms with van der Waals surface area (Å²) in [7, 11) is 0. The lowest BCUT2D eigenvalue weighted by molar-refractivity contribution is -0.118. The number of hydrogen-bond donors (Lipinski definition) is 1. The number of nitrogens with two attached hydrogens (primary N) is 1. The van der Waals surface area contributed by atoms with Crippen LogP contribution in [0, 0.1) is 0 Å². The van der Waals surface area contributed by atoms with E-state index in [4.69, 9.17) is 5.73 Å². The van der Waals surface area contributed by atoms with E-state index in [9.17, 15) is 4.79 Å². The molecule has 0 heterocycles. The van der Waals surface area contributed by atoms with Crippen molar-refractivity contribution in [1.82, 2.24) is 0 Å². The molecule has 1 amide bonds. The minimum atomic E-state index is -0.281. The molecule has 2 nitrogen and oxygen atoms in total. The zero-order valence-corrected chi connectivity index (χ0v) is 20.3. The van der Waals surface area contributed by atoms with Crippen molar-refractivity contribution in [2.75, 3.05) is 0 Å². The van der Waals surface area contributed by atoms with Crippen LogP contribution >= 0.6 is 0 Å². The molecule has 0 spiro atoms. The molecule has 0 fully saturated rings. The first kappa shape index (κ1) is 22.3. The van der Waals surface area contributed by atoms with Gasteiger partial charge >= 0.3 is 0 Å². The average molecular weight is 468 g/mol. The number of carbonyl (C=O) groups excluding carboxylic acids is 1. The van der Waals surface area contributed by atoms with E-state index in [0.29, 0.717) is 0 Å². The Kier molecular flexibility index (Phi) is 5.87. The molecule has 4 aromatic carbocycles. The van der Waals surface area contributed by atoms with Gasteiger partial charge in [-0.05, 0) is 75.4 Å². The highest BCUT2D eigenvalue weighted by molar-refractivity contribution is 6.01. The van der Waals surface area contributed by atoms with Crippen LogP contribution in [-0.2, 0) is 11.2 Å².